The number of fused-ring (bicyclic) bond motifs is 1. The Balaban J connectivity index is 1.33. The Morgan fingerprint density at radius 3 is 2.92 bits per heavy atom. The number of hydrogen-bond acceptors (Lipinski definition) is 5. The summed E-state index contributed by atoms with van der Waals surface area (Å²) in [6.07, 6.45) is 5.17. The first-order valence-electron chi connectivity index (χ1n) is 8.49. The fraction of sp³-hybridized carbons (Fsp3) is 0.500. The third-order valence-corrected chi connectivity index (χ3v) is 4.61. The van der Waals surface area contributed by atoms with Gasteiger partial charge < -0.3 is 19.5 Å². The normalized spacial score (nSPS) is 22.7. The summed E-state index contributed by atoms with van der Waals surface area (Å²) in [5.74, 6) is 2.16. The second-order valence-electron chi connectivity index (χ2n) is 6.40. The van der Waals surface area contributed by atoms with Crippen molar-refractivity contribution in [2.75, 3.05) is 26.4 Å². The number of aromatic nitrogens is 2. The summed E-state index contributed by atoms with van der Waals surface area (Å²) in [6.45, 7) is 3.80. The third kappa shape index (κ3) is 3.25. The monoisotopic (exact) mass is 329 g/mol. The molecule has 0 saturated carbocycles. The first kappa shape index (κ1) is 15.5. The van der Waals surface area contributed by atoms with E-state index in [1.807, 2.05) is 30.2 Å². The average Bonchev–Trinajstić information content (AvgIpc) is 3.23. The van der Waals surface area contributed by atoms with E-state index in [-0.39, 0.29) is 6.10 Å². The van der Waals surface area contributed by atoms with Crippen LogP contribution in [0.3, 0.4) is 0 Å². The Labute approximate surface area is 141 Å². The van der Waals surface area contributed by atoms with E-state index in [9.17, 15) is 0 Å². The van der Waals surface area contributed by atoms with Crippen LogP contribution in [-0.4, -0.2) is 36.1 Å². The molecule has 1 fully saturated rings. The highest BCUT2D eigenvalue weighted by molar-refractivity contribution is 5.43. The van der Waals surface area contributed by atoms with Crippen LogP contribution >= 0.6 is 0 Å². The summed E-state index contributed by atoms with van der Waals surface area (Å²) in [5.41, 5.74) is 2.37. The van der Waals surface area contributed by atoms with Gasteiger partial charge >= 0.3 is 0 Å². The molecule has 0 amide bonds. The Kier molecular flexibility index (Phi) is 4.40. The summed E-state index contributed by atoms with van der Waals surface area (Å²) in [5, 5.41) is 7.81. The largest absolute Gasteiger partial charge is 0.486 e. The van der Waals surface area contributed by atoms with Crippen molar-refractivity contribution in [3.05, 3.63) is 41.7 Å². The molecule has 1 N–H and O–H groups in total. The first-order chi connectivity index (χ1) is 11.8. The molecule has 0 spiro atoms. The molecule has 1 saturated heterocycles. The van der Waals surface area contributed by atoms with Crippen molar-refractivity contribution >= 4 is 0 Å². The maximum atomic E-state index is 5.91. The van der Waals surface area contributed by atoms with Gasteiger partial charge in [0.2, 0.25) is 0 Å². The lowest BCUT2D eigenvalue weighted by Gasteiger charge is -2.20. The van der Waals surface area contributed by atoms with Crippen molar-refractivity contribution < 1.29 is 14.2 Å². The average molecular weight is 329 g/mol. The van der Waals surface area contributed by atoms with Crippen LogP contribution < -0.4 is 14.8 Å². The number of ether oxygens (including phenoxy) is 3. The lowest BCUT2D eigenvalue weighted by molar-refractivity contribution is 0.0904. The highest BCUT2D eigenvalue weighted by Gasteiger charge is 2.30. The molecule has 24 heavy (non-hydrogen) atoms. The maximum Gasteiger partial charge on any atom is 0.161 e. The van der Waals surface area contributed by atoms with Gasteiger partial charge in [-0.3, -0.25) is 4.68 Å². The fourth-order valence-corrected chi connectivity index (χ4v) is 3.40. The molecule has 2 aliphatic heterocycles. The summed E-state index contributed by atoms with van der Waals surface area (Å²) in [7, 11) is 1.94. The van der Waals surface area contributed by atoms with Crippen LogP contribution in [0.15, 0.2) is 30.6 Å². The van der Waals surface area contributed by atoms with Crippen LogP contribution in [0.4, 0.5) is 0 Å². The molecule has 0 bridgehead atoms. The van der Waals surface area contributed by atoms with E-state index < -0.39 is 0 Å². The number of aryl methyl sites for hydroxylation is 1. The zero-order valence-corrected chi connectivity index (χ0v) is 13.9. The number of nitrogens with zero attached hydrogens (tertiary/aromatic N) is 2. The van der Waals surface area contributed by atoms with Crippen LogP contribution in [0, 0.1) is 5.92 Å². The van der Waals surface area contributed by atoms with Gasteiger partial charge in [-0.25, -0.2) is 0 Å². The summed E-state index contributed by atoms with van der Waals surface area (Å²) in [6, 6.07) is 6.14. The van der Waals surface area contributed by atoms with E-state index in [1.54, 1.807) is 0 Å². The molecule has 6 heteroatoms. The molecule has 2 aromatic rings. The molecule has 2 atom stereocenters. The van der Waals surface area contributed by atoms with Gasteiger partial charge in [-0.1, -0.05) is 6.07 Å². The van der Waals surface area contributed by atoms with E-state index >= 15 is 0 Å². The van der Waals surface area contributed by atoms with E-state index in [0.29, 0.717) is 19.1 Å². The van der Waals surface area contributed by atoms with Crippen LogP contribution in [0.25, 0.3) is 0 Å². The molecule has 128 valence electrons. The quantitative estimate of drug-likeness (QED) is 0.910. The van der Waals surface area contributed by atoms with Crippen LogP contribution in [0.2, 0.25) is 0 Å². The molecule has 6 nitrogen and oxygen atoms in total. The predicted molar refractivity (Wildman–Crippen MR) is 89.1 cm³/mol. The number of hydrogen-bond donors (Lipinski definition) is 1. The number of nitrogens with one attached hydrogen (secondary N) is 1. The molecule has 0 unspecified atom stereocenters. The second-order valence-corrected chi connectivity index (χ2v) is 6.40. The van der Waals surface area contributed by atoms with Crippen molar-refractivity contribution in [1.29, 1.82) is 0 Å². The lowest BCUT2D eigenvalue weighted by atomic mass is 9.97. The van der Waals surface area contributed by atoms with Crippen molar-refractivity contribution in [3.63, 3.8) is 0 Å². The van der Waals surface area contributed by atoms with E-state index in [0.717, 1.165) is 37.6 Å². The van der Waals surface area contributed by atoms with Gasteiger partial charge in [0.15, 0.2) is 11.5 Å². The highest BCUT2D eigenvalue weighted by Crippen LogP contribution is 2.34. The summed E-state index contributed by atoms with van der Waals surface area (Å²) < 4.78 is 18.9. The minimum absolute atomic E-state index is 0.145. The fourth-order valence-electron chi connectivity index (χ4n) is 3.40. The predicted octanol–water partition coefficient (Wildman–Crippen LogP) is 2.06. The molecule has 2 aliphatic rings. The SMILES string of the molecule is Cn1cc([C@H]2OCC[C@@H]2CNCc2ccc3c(c2)OCCO3)cn1. The minimum atomic E-state index is 0.145. The van der Waals surface area contributed by atoms with Crippen LogP contribution in [0.5, 0.6) is 11.5 Å². The number of rotatable bonds is 5. The summed E-state index contributed by atoms with van der Waals surface area (Å²) >= 11 is 0. The molecule has 0 radical (unpaired) electrons. The molecule has 1 aromatic heterocycles. The Bertz CT molecular complexity index is 701. The Morgan fingerprint density at radius 1 is 1.21 bits per heavy atom. The number of benzene rings is 1. The molecular formula is C18H23N3O3. The maximum absolute atomic E-state index is 5.91. The van der Waals surface area contributed by atoms with Crippen molar-refractivity contribution in [3.8, 4) is 11.5 Å². The van der Waals surface area contributed by atoms with Gasteiger partial charge in [-0.2, -0.15) is 5.10 Å². The van der Waals surface area contributed by atoms with Gasteiger partial charge in [0.25, 0.3) is 0 Å². The molecule has 4 rings (SSSR count). The van der Waals surface area contributed by atoms with Gasteiger partial charge in [-0.15, -0.1) is 0 Å². The smallest absolute Gasteiger partial charge is 0.161 e. The van der Waals surface area contributed by atoms with Crippen LogP contribution in [0.1, 0.15) is 23.7 Å². The van der Waals surface area contributed by atoms with Crippen molar-refractivity contribution in [2.24, 2.45) is 13.0 Å². The second kappa shape index (κ2) is 6.83. The molecular weight excluding hydrogens is 306 g/mol. The lowest BCUT2D eigenvalue weighted by Crippen LogP contribution is -2.24. The Hall–Kier alpha value is -2.05. The topological polar surface area (TPSA) is 57.5 Å². The highest BCUT2D eigenvalue weighted by atomic mass is 16.6. The van der Waals surface area contributed by atoms with Gasteiger partial charge in [0.05, 0.1) is 12.3 Å². The van der Waals surface area contributed by atoms with E-state index in [4.69, 9.17) is 14.2 Å². The van der Waals surface area contributed by atoms with Gasteiger partial charge in [0, 0.05) is 44.4 Å². The molecule has 1 aromatic carbocycles. The van der Waals surface area contributed by atoms with Gasteiger partial charge in [-0.05, 0) is 24.1 Å². The van der Waals surface area contributed by atoms with E-state index in [1.165, 1.54) is 11.1 Å². The minimum Gasteiger partial charge on any atom is -0.486 e. The first-order valence-corrected chi connectivity index (χ1v) is 8.49. The zero-order valence-electron chi connectivity index (χ0n) is 13.9. The van der Waals surface area contributed by atoms with Crippen molar-refractivity contribution in [1.82, 2.24) is 15.1 Å². The molecule has 0 aliphatic carbocycles. The van der Waals surface area contributed by atoms with E-state index in [2.05, 4.69) is 22.5 Å². The van der Waals surface area contributed by atoms with Crippen LogP contribution in [-0.2, 0) is 18.3 Å². The van der Waals surface area contributed by atoms with Crippen molar-refractivity contribution in [2.45, 2.75) is 19.1 Å². The van der Waals surface area contributed by atoms with Gasteiger partial charge in [0.1, 0.15) is 13.2 Å². The third-order valence-electron chi connectivity index (χ3n) is 4.61. The Morgan fingerprint density at radius 2 is 2.08 bits per heavy atom. The zero-order chi connectivity index (χ0) is 16.4. The standard InChI is InChI=1S/C18H23N3O3/c1-21-12-15(11-20-21)18-14(4-5-24-18)10-19-9-13-2-3-16-17(8-13)23-7-6-22-16/h2-3,8,11-12,14,18-19H,4-7,9-10H2,1H3/t14-,18+/m1/s1. The summed E-state index contributed by atoms with van der Waals surface area (Å²) in [4.78, 5) is 0. The molecule has 3 heterocycles.